The molecule has 0 aromatic carbocycles. The monoisotopic (exact) mass is 401 g/mol. The van der Waals surface area contributed by atoms with E-state index < -0.39 is 5.97 Å². The lowest BCUT2D eigenvalue weighted by atomic mass is 10.1. The predicted molar refractivity (Wildman–Crippen MR) is 109 cm³/mol. The van der Waals surface area contributed by atoms with Crippen molar-refractivity contribution in [3.63, 3.8) is 0 Å². The number of carbonyl (C=O) groups is 3. The summed E-state index contributed by atoms with van der Waals surface area (Å²) in [6.45, 7) is 9.02. The average molecular weight is 401 g/mol. The Bertz CT molecular complexity index is 894. The summed E-state index contributed by atoms with van der Waals surface area (Å²) < 4.78 is 12.2. The Balaban J connectivity index is 1.98. The van der Waals surface area contributed by atoms with Crippen LogP contribution in [0.15, 0.2) is 28.9 Å². The van der Waals surface area contributed by atoms with E-state index in [0.717, 1.165) is 11.4 Å². The van der Waals surface area contributed by atoms with Crippen molar-refractivity contribution in [2.75, 3.05) is 19.7 Å². The van der Waals surface area contributed by atoms with Crippen LogP contribution in [0.4, 0.5) is 0 Å². The van der Waals surface area contributed by atoms with Gasteiger partial charge >= 0.3 is 5.97 Å². The molecule has 29 heavy (non-hydrogen) atoms. The molecule has 0 radical (unpaired) electrons. The highest BCUT2D eigenvalue weighted by atomic mass is 16.5. The summed E-state index contributed by atoms with van der Waals surface area (Å²) in [5, 5.41) is 5.33. The second kappa shape index (κ2) is 10.3. The minimum Gasteiger partial charge on any atom is -0.462 e. The van der Waals surface area contributed by atoms with Crippen molar-refractivity contribution in [3.8, 4) is 0 Å². The number of esters is 1. The molecule has 0 aliphatic carbocycles. The zero-order valence-corrected chi connectivity index (χ0v) is 17.2. The van der Waals surface area contributed by atoms with Gasteiger partial charge < -0.3 is 24.4 Å². The first-order valence-electron chi connectivity index (χ1n) is 9.55. The zero-order valence-electron chi connectivity index (χ0n) is 17.2. The molecule has 8 nitrogen and oxygen atoms in total. The third-order valence-electron chi connectivity index (χ3n) is 4.48. The van der Waals surface area contributed by atoms with Gasteiger partial charge in [0.15, 0.2) is 5.76 Å². The van der Waals surface area contributed by atoms with Gasteiger partial charge in [-0.2, -0.15) is 0 Å². The summed E-state index contributed by atoms with van der Waals surface area (Å²) in [6.07, 6.45) is 4.41. The summed E-state index contributed by atoms with van der Waals surface area (Å²) in [6, 6.07) is 3.19. The first kappa shape index (κ1) is 22.0. The fourth-order valence-corrected chi connectivity index (χ4v) is 3.12. The molecular formula is C21H27N3O5. The molecule has 0 fully saturated rings. The molecule has 0 saturated carbocycles. The van der Waals surface area contributed by atoms with Crippen LogP contribution in [0.5, 0.6) is 0 Å². The van der Waals surface area contributed by atoms with Gasteiger partial charge in [-0.3, -0.25) is 9.59 Å². The Hall–Kier alpha value is -3.29. The normalized spacial score (nSPS) is 10.9. The lowest BCUT2D eigenvalue weighted by Crippen LogP contribution is -2.33. The summed E-state index contributed by atoms with van der Waals surface area (Å²) in [5.74, 6) is -0.853. The van der Waals surface area contributed by atoms with Gasteiger partial charge in [-0.05, 0) is 45.9 Å². The van der Waals surface area contributed by atoms with Crippen molar-refractivity contribution in [2.24, 2.45) is 0 Å². The lowest BCUT2D eigenvalue weighted by molar-refractivity contribution is -0.116. The molecule has 2 aromatic heterocycles. The first-order chi connectivity index (χ1) is 13.9. The highest BCUT2D eigenvalue weighted by Crippen LogP contribution is 2.24. The molecule has 2 heterocycles. The van der Waals surface area contributed by atoms with E-state index in [-0.39, 0.29) is 37.3 Å². The van der Waals surface area contributed by atoms with Crippen LogP contribution >= 0.6 is 0 Å². The van der Waals surface area contributed by atoms with E-state index in [1.54, 1.807) is 25.1 Å². The van der Waals surface area contributed by atoms with Gasteiger partial charge in [0.25, 0.3) is 5.91 Å². The largest absolute Gasteiger partial charge is 0.462 e. The number of hydrogen-bond acceptors (Lipinski definition) is 5. The van der Waals surface area contributed by atoms with Crippen LogP contribution in [-0.4, -0.2) is 42.0 Å². The van der Waals surface area contributed by atoms with Crippen molar-refractivity contribution in [3.05, 3.63) is 52.7 Å². The second-order valence-electron chi connectivity index (χ2n) is 6.28. The Kier molecular flexibility index (Phi) is 7.82. The summed E-state index contributed by atoms with van der Waals surface area (Å²) in [7, 11) is 0. The fraction of sp³-hybridized carbons (Fsp3) is 0.381. The number of hydrogen-bond donors (Lipinski definition) is 2. The van der Waals surface area contributed by atoms with E-state index in [9.17, 15) is 14.4 Å². The van der Waals surface area contributed by atoms with Crippen molar-refractivity contribution in [2.45, 2.75) is 34.2 Å². The Morgan fingerprint density at radius 2 is 1.86 bits per heavy atom. The smallest absolute Gasteiger partial charge is 0.340 e. The molecule has 2 aromatic rings. The number of carbonyl (C=O) groups excluding carboxylic acids is 3. The molecule has 2 N–H and O–H groups in total. The highest BCUT2D eigenvalue weighted by Gasteiger charge is 2.22. The Labute approximate surface area is 169 Å². The first-order valence-corrected chi connectivity index (χ1v) is 9.55. The molecule has 2 amide bonds. The average Bonchev–Trinajstić information content (AvgIpc) is 3.30. The van der Waals surface area contributed by atoms with Crippen LogP contribution in [0.1, 0.15) is 51.7 Å². The standard InChI is InChI=1S/C21H27N3O5/c1-5-24-14(3)16(19(15(24)4)21(27)28-6-2)9-10-18(25)22-11-12-23-20(26)17-8-7-13-29-17/h7-10,13H,5-6,11-12H2,1-4H3,(H,22,25)(H,23,26)/b10-9+. The molecule has 0 atom stereocenters. The van der Waals surface area contributed by atoms with Crippen molar-refractivity contribution >= 4 is 23.9 Å². The van der Waals surface area contributed by atoms with Crippen LogP contribution in [0, 0.1) is 13.8 Å². The van der Waals surface area contributed by atoms with E-state index in [4.69, 9.17) is 9.15 Å². The quantitative estimate of drug-likeness (QED) is 0.382. The van der Waals surface area contributed by atoms with Gasteiger partial charge in [-0.25, -0.2) is 4.79 Å². The molecule has 0 aliphatic rings. The van der Waals surface area contributed by atoms with E-state index in [1.807, 2.05) is 25.3 Å². The number of rotatable bonds is 9. The Morgan fingerprint density at radius 3 is 2.48 bits per heavy atom. The van der Waals surface area contributed by atoms with E-state index in [0.29, 0.717) is 17.7 Å². The SMILES string of the molecule is CCOC(=O)c1c(/C=C/C(=O)NCCNC(=O)c2ccco2)c(C)n(CC)c1C. The molecule has 156 valence electrons. The number of ether oxygens (including phenoxy) is 1. The van der Waals surface area contributed by atoms with Crippen LogP contribution in [0.2, 0.25) is 0 Å². The van der Waals surface area contributed by atoms with Gasteiger partial charge in [0.1, 0.15) is 0 Å². The number of amides is 2. The minimum absolute atomic E-state index is 0.217. The number of furan rings is 1. The molecule has 8 heteroatoms. The van der Waals surface area contributed by atoms with Crippen molar-refractivity contribution in [1.29, 1.82) is 0 Å². The topological polar surface area (TPSA) is 103 Å². The molecular weight excluding hydrogens is 374 g/mol. The van der Waals surface area contributed by atoms with Crippen molar-refractivity contribution in [1.82, 2.24) is 15.2 Å². The molecule has 0 saturated heterocycles. The van der Waals surface area contributed by atoms with E-state index in [1.165, 1.54) is 12.3 Å². The number of aromatic nitrogens is 1. The maximum absolute atomic E-state index is 12.4. The Morgan fingerprint density at radius 1 is 1.14 bits per heavy atom. The lowest BCUT2D eigenvalue weighted by Gasteiger charge is -2.05. The van der Waals surface area contributed by atoms with Gasteiger partial charge in [-0.1, -0.05) is 0 Å². The molecule has 0 unspecified atom stereocenters. The summed E-state index contributed by atoms with van der Waals surface area (Å²) >= 11 is 0. The molecule has 0 aliphatic heterocycles. The highest BCUT2D eigenvalue weighted by molar-refractivity contribution is 5.98. The maximum atomic E-state index is 12.4. The van der Waals surface area contributed by atoms with Gasteiger partial charge in [0.05, 0.1) is 18.4 Å². The molecule has 0 spiro atoms. The second-order valence-corrected chi connectivity index (χ2v) is 6.28. The van der Waals surface area contributed by atoms with Gasteiger partial charge in [0.2, 0.25) is 5.91 Å². The predicted octanol–water partition coefficient (Wildman–Crippen LogP) is 2.45. The summed E-state index contributed by atoms with van der Waals surface area (Å²) in [5.41, 5.74) is 2.84. The van der Waals surface area contributed by atoms with Gasteiger partial charge in [0, 0.05) is 42.7 Å². The third kappa shape index (κ3) is 5.37. The minimum atomic E-state index is -0.402. The van der Waals surface area contributed by atoms with Crippen LogP contribution in [0.3, 0.4) is 0 Å². The summed E-state index contributed by atoms with van der Waals surface area (Å²) in [4.78, 5) is 36.2. The fourth-order valence-electron chi connectivity index (χ4n) is 3.12. The van der Waals surface area contributed by atoms with E-state index in [2.05, 4.69) is 10.6 Å². The number of nitrogens with one attached hydrogen (secondary N) is 2. The zero-order chi connectivity index (χ0) is 21.4. The van der Waals surface area contributed by atoms with Crippen LogP contribution in [-0.2, 0) is 16.1 Å². The molecule has 0 bridgehead atoms. The third-order valence-corrected chi connectivity index (χ3v) is 4.48. The van der Waals surface area contributed by atoms with Crippen molar-refractivity contribution < 1.29 is 23.5 Å². The number of nitrogens with zero attached hydrogens (tertiary/aromatic N) is 1. The maximum Gasteiger partial charge on any atom is 0.340 e. The van der Waals surface area contributed by atoms with Gasteiger partial charge in [-0.15, -0.1) is 0 Å². The molecule has 2 rings (SSSR count). The van der Waals surface area contributed by atoms with Crippen LogP contribution < -0.4 is 10.6 Å². The van der Waals surface area contributed by atoms with E-state index >= 15 is 0 Å². The van der Waals surface area contributed by atoms with Crippen LogP contribution in [0.25, 0.3) is 6.08 Å².